The van der Waals surface area contributed by atoms with Gasteiger partial charge >= 0.3 is 0 Å². The molecule has 0 bridgehead atoms. The van der Waals surface area contributed by atoms with Crippen molar-refractivity contribution in [2.45, 2.75) is 85.2 Å². The molecule has 2 heterocycles. The van der Waals surface area contributed by atoms with Gasteiger partial charge in [0.15, 0.2) is 14.1 Å². The normalized spacial score (nSPS) is 12.8. The fraction of sp³-hybridized carbons (Fsp3) is 0.520. The fourth-order valence-electron chi connectivity index (χ4n) is 3.17. The van der Waals surface area contributed by atoms with Crippen LogP contribution >= 0.6 is 0 Å². The number of hydrogen-bond donors (Lipinski definition) is 0. The van der Waals surface area contributed by atoms with Crippen LogP contribution in [0.5, 0.6) is 5.75 Å². The first-order valence-electron chi connectivity index (χ1n) is 11.4. The first-order chi connectivity index (χ1) is 15.3. The van der Waals surface area contributed by atoms with Crippen molar-refractivity contribution in [1.82, 2.24) is 25.0 Å². The van der Waals surface area contributed by atoms with Crippen LogP contribution in [-0.4, -0.2) is 33.3 Å². The van der Waals surface area contributed by atoms with Crippen LogP contribution in [0.1, 0.15) is 63.9 Å². The van der Waals surface area contributed by atoms with Crippen molar-refractivity contribution < 1.29 is 9.16 Å². The quantitative estimate of drug-likeness (QED) is 0.411. The topological polar surface area (TPSA) is 75.0 Å². The molecule has 0 amide bonds. The van der Waals surface area contributed by atoms with Crippen molar-refractivity contribution in [1.29, 1.82) is 0 Å². The molecule has 0 saturated heterocycles. The zero-order chi connectivity index (χ0) is 24.4. The molecule has 0 spiro atoms. The zero-order valence-electron chi connectivity index (χ0n) is 21.4. The van der Waals surface area contributed by atoms with E-state index in [9.17, 15) is 0 Å². The van der Waals surface area contributed by atoms with E-state index in [1.165, 1.54) is 21.5 Å². The molecule has 0 aliphatic carbocycles. The maximum atomic E-state index is 6.23. The highest BCUT2D eigenvalue weighted by Crippen LogP contribution is 2.37. The highest BCUT2D eigenvalue weighted by molar-refractivity contribution is 6.74. The number of ether oxygens (including phenoxy) is 1. The van der Waals surface area contributed by atoms with Gasteiger partial charge in [0.1, 0.15) is 12.3 Å². The third kappa shape index (κ3) is 6.06. The lowest BCUT2D eigenvalue weighted by Crippen LogP contribution is -2.40. The molecule has 0 N–H and O–H groups in total. The van der Waals surface area contributed by atoms with Crippen LogP contribution < -0.4 is 4.74 Å². The smallest absolute Gasteiger partial charge is 0.268 e. The second kappa shape index (κ2) is 9.35. The van der Waals surface area contributed by atoms with Gasteiger partial charge in [0.25, 0.3) is 5.95 Å². The van der Waals surface area contributed by atoms with Crippen molar-refractivity contribution in [3.63, 3.8) is 0 Å². The van der Waals surface area contributed by atoms with E-state index in [4.69, 9.17) is 9.16 Å². The molecule has 0 aliphatic rings. The van der Waals surface area contributed by atoms with E-state index in [1.807, 2.05) is 0 Å². The molecule has 2 aromatic heterocycles. The Kier molecular flexibility index (Phi) is 7.09. The van der Waals surface area contributed by atoms with Crippen LogP contribution in [0.4, 0.5) is 0 Å². The predicted octanol–water partition coefficient (Wildman–Crippen LogP) is 5.76. The van der Waals surface area contributed by atoms with E-state index in [0.29, 0.717) is 24.9 Å². The Morgan fingerprint density at radius 3 is 2.21 bits per heavy atom. The van der Waals surface area contributed by atoms with Gasteiger partial charge in [0.2, 0.25) is 0 Å². The molecule has 0 atom stereocenters. The highest BCUT2D eigenvalue weighted by atomic mass is 28.4. The Bertz CT molecular complexity index is 1080. The summed E-state index contributed by atoms with van der Waals surface area (Å²) in [5, 5.41) is 8.92. The Morgan fingerprint density at radius 2 is 1.61 bits per heavy atom. The molecule has 0 radical (unpaired) electrons. The molecule has 0 fully saturated rings. The number of benzene rings is 1. The number of nitrogens with zero attached hydrogens (tertiary/aromatic N) is 5. The SMILES string of the molecule is Cc1cccc(C(C)(C)C)c1COc1cnc(-n2ncc(CO[Si](C)(C)C(C)(C)C)n2)nc1. The Morgan fingerprint density at radius 1 is 0.939 bits per heavy atom. The largest absolute Gasteiger partial charge is 0.486 e. The minimum Gasteiger partial charge on any atom is -0.486 e. The Balaban J connectivity index is 1.65. The molecule has 178 valence electrons. The summed E-state index contributed by atoms with van der Waals surface area (Å²) in [5.41, 5.74) is 4.51. The molecule has 0 saturated carbocycles. The second-order valence-electron chi connectivity index (χ2n) is 11.0. The van der Waals surface area contributed by atoms with E-state index in [-0.39, 0.29) is 10.5 Å². The average Bonchev–Trinajstić information content (AvgIpc) is 3.19. The van der Waals surface area contributed by atoms with Crippen LogP contribution in [-0.2, 0) is 23.1 Å². The molecule has 1 aromatic carbocycles. The molecule has 0 aliphatic heterocycles. The van der Waals surface area contributed by atoms with Gasteiger partial charge in [-0.05, 0) is 47.2 Å². The predicted molar refractivity (Wildman–Crippen MR) is 133 cm³/mol. The van der Waals surface area contributed by atoms with Crippen LogP contribution in [0.25, 0.3) is 5.95 Å². The minimum absolute atomic E-state index is 0.0445. The van der Waals surface area contributed by atoms with Gasteiger partial charge in [-0.25, -0.2) is 9.97 Å². The van der Waals surface area contributed by atoms with Crippen LogP contribution in [0.2, 0.25) is 18.1 Å². The van der Waals surface area contributed by atoms with Gasteiger partial charge in [-0.1, -0.05) is 59.7 Å². The third-order valence-electron chi connectivity index (χ3n) is 6.32. The zero-order valence-corrected chi connectivity index (χ0v) is 22.4. The van der Waals surface area contributed by atoms with E-state index < -0.39 is 8.32 Å². The molecule has 7 nitrogen and oxygen atoms in total. The number of hydrogen-bond acceptors (Lipinski definition) is 6. The minimum atomic E-state index is -1.85. The van der Waals surface area contributed by atoms with Crippen molar-refractivity contribution in [3.05, 3.63) is 59.2 Å². The summed E-state index contributed by atoms with van der Waals surface area (Å²) in [6.45, 7) is 20.8. The fourth-order valence-corrected chi connectivity index (χ4v) is 4.11. The van der Waals surface area contributed by atoms with Gasteiger partial charge in [0.05, 0.1) is 25.2 Å². The Hall–Kier alpha value is -2.58. The van der Waals surface area contributed by atoms with Gasteiger partial charge in [-0.15, -0.1) is 9.90 Å². The van der Waals surface area contributed by atoms with Crippen LogP contribution in [0.15, 0.2) is 36.8 Å². The lowest BCUT2D eigenvalue weighted by molar-refractivity contribution is 0.271. The summed E-state index contributed by atoms with van der Waals surface area (Å²) in [6, 6.07) is 6.38. The monoisotopic (exact) mass is 467 g/mol. The molecular formula is C25H37N5O2Si. The van der Waals surface area contributed by atoms with Crippen molar-refractivity contribution in [2.24, 2.45) is 0 Å². The van der Waals surface area contributed by atoms with Gasteiger partial charge in [0, 0.05) is 0 Å². The van der Waals surface area contributed by atoms with Gasteiger partial charge in [-0.2, -0.15) is 5.10 Å². The summed E-state index contributed by atoms with van der Waals surface area (Å²) in [7, 11) is -1.85. The number of rotatable bonds is 7. The summed E-state index contributed by atoms with van der Waals surface area (Å²) >= 11 is 0. The summed E-state index contributed by atoms with van der Waals surface area (Å²) < 4.78 is 12.2. The lowest BCUT2D eigenvalue weighted by atomic mass is 9.82. The van der Waals surface area contributed by atoms with Crippen molar-refractivity contribution in [3.8, 4) is 11.7 Å². The maximum absolute atomic E-state index is 6.23. The molecule has 3 rings (SSSR count). The second-order valence-corrected chi connectivity index (χ2v) is 15.8. The summed E-state index contributed by atoms with van der Waals surface area (Å²) in [4.78, 5) is 10.2. The Labute approximate surface area is 198 Å². The first-order valence-corrected chi connectivity index (χ1v) is 14.3. The van der Waals surface area contributed by atoms with Crippen molar-refractivity contribution >= 4 is 8.32 Å². The number of aromatic nitrogens is 5. The average molecular weight is 468 g/mol. The standard InChI is InChI=1S/C25H37N5O2Si/c1-18-11-10-12-22(24(2,3)4)21(18)17-31-20-14-26-23(27-15-20)30-28-13-19(29-30)16-32-33(8,9)25(5,6)7/h10-15H,16-17H2,1-9H3. The number of aryl methyl sites for hydroxylation is 1. The molecule has 0 unspecified atom stereocenters. The first kappa shape index (κ1) is 25.0. The van der Waals surface area contributed by atoms with Crippen LogP contribution in [0.3, 0.4) is 0 Å². The van der Waals surface area contributed by atoms with E-state index in [1.54, 1.807) is 18.6 Å². The summed E-state index contributed by atoms with van der Waals surface area (Å²) in [6.07, 6.45) is 5.02. The molecule has 8 heteroatoms. The molecular weight excluding hydrogens is 430 g/mol. The van der Waals surface area contributed by atoms with Gasteiger partial charge in [-0.3, -0.25) is 0 Å². The lowest BCUT2D eigenvalue weighted by Gasteiger charge is -2.35. The van der Waals surface area contributed by atoms with Crippen LogP contribution in [0, 0.1) is 6.92 Å². The maximum Gasteiger partial charge on any atom is 0.268 e. The van der Waals surface area contributed by atoms with Crippen molar-refractivity contribution in [2.75, 3.05) is 0 Å². The van der Waals surface area contributed by atoms with E-state index in [2.05, 4.69) is 99.9 Å². The third-order valence-corrected chi connectivity index (χ3v) is 10.8. The summed E-state index contributed by atoms with van der Waals surface area (Å²) in [5.74, 6) is 1.00. The van der Waals surface area contributed by atoms with Gasteiger partial charge < -0.3 is 9.16 Å². The van der Waals surface area contributed by atoms with E-state index >= 15 is 0 Å². The van der Waals surface area contributed by atoms with E-state index in [0.717, 1.165) is 5.69 Å². The highest BCUT2D eigenvalue weighted by Gasteiger charge is 2.37. The molecule has 33 heavy (non-hydrogen) atoms. The molecule has 3 aromatic rings.